The fourth-order valence-corrected chi connectivity index (χ4v) is 3.56. The molecular formula is C19H19BrClN3O3. The molecule has 0 saturated carbocycles. The molecule has 2 aromatic rings. The predicted molar refractivity (Wildman–Crippen MR) is 110 cm³/mol. The number of hydrogen-bond acceptors (Lipinski definition) is 4. The number of hydrogen-bond donors (Lipinski definition) is 3. The highest BCUT2D eigenvalue weighted by molar-refractivity contribution is 9.10. The third kappa shape index (κ3) is 4.36. The first kappa shape index (κ1) is 19.5. The number of fused-ring (bicyclic) bond motifs is 1. The van der Waals surface area contributed by atoms with Gasteiger partial charge in [-0.2, -0.15) is 0 Å². The number of amides is 2. The Labute approximate surface area is 170 Å². The van der Waals surface area contributed by atoms with Gasteiger partial charge in [0.1, 0.15) is 5.75 Å². The summed E-state index contributed by atoms with van der Waals surface area (Å²) in [6.07, 6.45) is 0.788. The highest BCUT2D eigenvalue weighted by Gasteiger charge is 2.19. The molecule has 0 saturated heterocycles. The Kier molecular flexibility index (Phi) is 5.92. The van der Waals surface area contributed by atoms with Crippen LogP contribution in [-0.4, -0.2) is 32.0 Å². The van der Waals surface area contributed by atoms with E-state index in [1.807, 2.05) is 13.0 Å². The first-order valence-corrected chi connectivity index (χ1v) is 9.54. The molecule has 3 N–H and O–H groups in total. The van der Waals surface area contributed by atoms with Crippen molar-refractivity contribution >= 4 is 50.7 Å². The van der Waals surface area contributed by atoms with Crippen LogP contribution in [0.15, 0.2) is 28.7 Å². The fraction of sp³-hybridized carbons (Fsp3) is 0.263. The van der Waals surface area contributed by atoms with Gasteiger partial charge >= 0.3 is 0 Å². The molecule has 1 heterocycles. The lowest BCUT2D eigenvalue weighted by molar-refractivity contribution is -0.114. The van der Waals surface area contributed by atoms with Gasteiger partial charge in [0.05, 0.1) is 19.3 Å². The lowest BCUT2D eigenvalue weighted by atomic mass is 10.00. The molecule has 2 amide bonds. The molecule has 8 heteroatoms. The van der Waals surface area contributed by atoms with Crippen molar-refractivity contribution in [2.45, 2.75) is 13.3 Å². The summed E-state index contributed by atoms with van der Waals surface area (Å²) >= 11 is 9.58. The van der Waals surface area contributed by atoms with Gasteiger partial charge < -0.3 is 20.7 Å². The van der Waals surface area contributed by atoms with Gasteiger partial charge in [-0.3, -0.25) is 9.59 Å². The smallest absolute Gasteiger partial charge is 0.251 e. The molecule has 2 aromatic carbocycles. The molecule has 3 rings (SSSR count). The van der Waals surface area contributed by atoms with E-state index in [4.69, 9.17) is 16.3 Å². The van der Waals surface area contributed by atoms with Crippen LogP contribution >= 0.6 is 27.5 Å². The summed E-state index contributed by atoms with van der Waals surface area (Å²) in [5, 5.41) is 9.26. The van der Waals surface area contributed by atoms with Crippen molar-refractivity contribution < 1.29 is 14.3 Å². The van der Waals surface area contributed by atoms with Crippen molar-refractivity contribution in [2.75, 3.05) is 30.8 Å². The molecule has 1 aliphatic heterocycles. The van der Waals surface area contributed by atoms with Gasteiger partial charge in [-0.25, -0.2) is 0 Å². The van der Waals surface area contributed by atoms with Crippen molar-refractivity contribution in [2.24, 2.45) is 0 Å². The van der Waals surface area contributed by atoms with Crippen molar-refractivity contribution in [3.63, 3.8) is 0 Å². The lowest BCUT2D eigenvalue weighted by Gasteiger charge is -2.19. The maximum absolute atomic E-state index is 12.4. The number of rotatable bonds is 5. The standard InChI is InChI=1S/C19H19BrClN3O3/c1-10-5-16(17(27-2)8-14(10)21)24-18(25)9-23-15-7-12-11(6-13(15)20)3-4-22-19(12)26/h5-8,23H,3-4,9H2,1-2H3,(H,22,26)(H,24,25). The molecule has 0 fully saturated rings. The second-order valence-corrected chi connectivity index (χ2v) is 7.46. The third-order valence-corrected chi connectivity index (χ3v) is 5.37. The minimum absolute atomic E-state index is 0.0316. The number of benzene rings is 2. The van der Waals surface area contributed by atoms with Crippen LogP contribution in [0.3, 0.4) is 0 Å². The number of methoxy groups -OCH3 is 1. The molecule has 0 bridgehead atoms. The van der Waals surface area contributed by atoms with E-state index in [-0.39, 0.29) is 18.4 Å². The quantitative estimate of drug-likeness (QED) is 0.645. The van der Waals surface area contributed by atoms with E-state index in [0.717, 1.165) is 22.0 Å². The zero-order chi connectivity index (χ0) is 19.6. The summed E-state index contributed by atoms with van der Waals surface area (Å²) in [5.41, 5.74) is 3.68. The summed E-state index contributed by atoms with van der Waals surface area (Å²) in [6.45, 7) is 2.52. The van der Waals surface area contributed by atoms with Crippen LogP contribution in [0, 0.1) is 6.92 Å². The van der Waals surface area contributed by atoms with E-state index in [0.29, 0.717) is 34.3 Å². The number of carbonyl (C=O) groups is 2. The van der Waals surface area contributed by atoms with Crippen LogP contribution in [0.4, 0.5) is 11.4 Å². The van der Waals surface area contributed by atoms with E-state index in [1.165, 1.54) is 7.11 Å². The number of aryl methyl sites for hydroxylation is 1. The Bertz CT molecular complexity index is 918. The van der Waals surface area contributed by atoms with Crippen LogP contribution in [0.5, 0.6) is 5.75 Å². The SMILES string of the molecule is COc1cc(Cl)c(C)cc1NC(=O)CNc1cc2c(cc1Br)CCNC2=O. The van der Waals surface area contributed by atoms with Crippen LogP contribution in [0.1, 0.15) is 21.5 Å². The molecule has 0 radical (unpaired) electrons. The van der Waals surface area contributed by atoms with E-state index < -0.39 is 0 Å². The number of halogens is 2. The molecule has 142 valence electrons. The van der Waals surface area contributed by atoms with Crippen LogP contribution in [0.2, 0.25) is 5.02 Å². The van der Waals surface area contributed by atoms with Gasteiger partial charge in [0.15, 0.2) is 0 Å². The molecule has 0 aromatic heterocycles. The Morgan fingerprint density at radius 1 is 1.30 bits per heavy atom. The van der Waals surface area contributed by atoms with Crippen LogP contribution in [-0.2, 0) is 11.2 Å². The van der Waals surface area contributed by atoms with Gasteiger partial charge in [-0.05, 0) is 58.6 Å². The number of ether oxygens (including phenoxy) is 1. The van der Waals surface area contributed by atoms with Gasteiger partial charge in [0, 0.05) is 33.4 Å². The zero-order valence-corrected chi connectivity index (χ0v) is 17.3. The second kappa shape index (κ2) is 8.19. The number of nitrogens with one attached hydrogen (secondary N) is 3. The van der Waals surface area contributed by atoms with Gasteiger partial charge in [-0.1, -0.05) is 11.6 Å². The molecule has 27 heavy (non-hydrogen) atoms. The first-order valence-electron chi connectivity index (χ1n) is 8.37. The maximum atomic E-state index is 12.4. The van der Waals surface area contributed by atoms with Gasteiger partial charge in [-0.15, -0.1) is 0 Å². The lowest BCUT2D eigenvalue weighted by Crippen LogP contribution is -2.32. The largest absolute Gasteiger partial charge is 0.495 e. The molecule has 0 aliphatic carbocycles. The molecule has 6 nitrogen and oxygen atoms in total. The number of anilines is 2. The van der Waals surface area contributed by atoms with Crippen molar-refractivity contribution in [3.05, 3.63) is 50.5 Å². The van der Waals surface area contributed by atoms with Gasteiger partial charge in [0.2, 0.25) is 5.91 Å². The average molecular weight is 453 g/mol. The maximum Gasteiger partial charge on any atom is 0.251 e. The molecule has 0 spiro atoms. The Morgan fingerprint density at radius 2 is 2.07 bits per heavy atom. The monoisotopic (exact) mass is 451 g/mol. The van der Waals surface area contributed by atoms with Crippen molar-refractivity contribution in [1.82, 2.24) is 5.32 Å². The van der Waals surface area contributed by atoms with Crippen molar-refractivity contribution in [3.8, 4) is 5.75 Å². The van der Waals surface area contributed by atoms with E-state index in [9.17, 15) is 9.59 Å². The van der Waals surface area contributed by atoms with Crippen LogP contribution < -0.4 is 20.7 Å². The second-order valence-electron chi connectivity index (χ2n) is 6.20. The summed E-state index contributed by atoms with van der Waals surface area (Å²) < 4.78 is 6.08. The summed E-state index contributed by atoms with van der Waals surface area (Å²) in [7, 11) is 1.52. The molecule has 1 aliphatic rings. The highest BCUT2D eigenvalue weighted by atomic mass is 79.9. The summed E-state index contributed by atoms with van der Waals surface area (Å²) in [5.74, 6) is 0.146. The minimum Gasteiger partial charge on any atom is -0.495 e. The molecular weight excluding hydrogens is 434 g/mol. The Balaban J connectivity index is 1.71. The summed E-state index contributed by atoms with van der Waals surface area (Å²) in [4.78, 5) is 24.4. The Morgan fingerprint density at radius 3 is 2.81 bits per heavy atom. The first-order chi connectivity index (χ1) is 12.9. The van der Waals surface area contributed by atoms with E-state index in [1.54, 1.807) is 18.2 Å². The van der Waals surface area contributed by atoms with Gasteiger partial charge in [0.25, 0.3) is 5.91 Å². The zero-order valence-electron chi connectivity index (χ0n) is 14.9. The van der Waals surface area contributed by atoms with Crippen molar-refractivity contribution in [1.29, 1.82) is 0 Å². The van der Waals surface area contributed by atoms with E-state index in [2.05, 4.69) is 31.9 Å². The third-order valence-electron chi connectivity index (χ3n) is 4.31. The number of carbonyl (C=O) groups excluding carboxylic acids is 2. The highest BCUT2D eigenvalue weighted by Crippen LogP contribution is 2.31. The van der Waals surface area contributed by atoms with E-state index >= 15 is 0 Å². The predicted octanol–water partition coefficient (Wildman–Crippen LogP) is 3.76. The molecule has 0 atom stereocenters. The molecule has 0 unspecified atom stereocenters. The summed E-state index contributed by atoms with van der Waals surface area (Å²) in [6, 6.07) is 7.10. The Hall–Kier alpha value is -2.25. The fourth-order valence-electron chi connectivity index (χ4n) is 2.87. The minimum atomic E-state index is -0.246. The topological polar surface area (TPSA) is 79.5 Å². The normalized spacial score (nSPS) is 12.8. The van der Waals surface area contributed by atoms with Crippen LogP contribution in [0.25, 0.3) is 0 Å². The average Bonchev–Trinajstić information content (AvgIpc) is 2.63.